The Morgan fingerprint density at radius 3 is 2.76 bits per heavy atom. The lowest BCUT2D eigenvalue weighted by Crippen LogP contribution is -2.19. The molecule has 21 heavy (non-hydrogen) atoms. The lowest BCUT2D eigenvalue weighted by atomic mass is 10.0. The molecule has 1 aromatic heterocycles. The molecule has 0 aliphatic heterocycles. The second kappa shape index (κ2) is 6.44. The van der Waals surface area contributed by atoms with Crippen molar-refractivity contribution in [2.45, 2.75) is 58.2 Å². The third kappa shape index (κ3) is 3.35. The van der Waals surface area contributed by atoms with Crippen molar-refractivity contribution >= 4 is 0 Å². The van der Waals surface area contributed by atoms with Crippen LogP contribution in [0.3, 0.4) is 0 Å². The van der Waals surface area contributed by atoms with Crippen LogP contribution in [0.2, 0.25) is 0 Å². The fraction of sp³-hybridized carbons (Fsp3) is 0.500. The first-order valence-electron chi connectivity index (χ1n) is 8.07. The van der Waals surface area contributed by atoms with Gasteiger partial charge in [0.25, 0.3) is 0 Å². The fourth-order valence-electron chi connectivity index (χ4n) is 3.28. The van der Waals surface area contributed by atoms with Gasteiger partial charge in [-0.05, 0) is 43.9 Å². The maximum Gasteiger partial charge on any atom is 0.0762 e. The molecule has 1 aromatic carbocycles. The van der Waals surface area contributed by atoms with Gasteiger partial charge in [-0.2, -0.15) is 5.10 Å². The van der Waals surface area contributed by atoms with Crippen molar-refractivity contribution in [2.24, 2.45) is 0 Å². The number of aromatic nitrogens is 2. The summed E-state index contributed by atoms with van der Waals surface area (Å²) in [7, 11) is 0. The maximum absolute atomic E-state index is 4.73. The van der Waals surface area contributed by atoms with Crippen molar-refractivity contribution in [2.75, 3.05) is 0 Å². The molecule has 112 valence electrons. The molecule has 1 aliphatic carbocycles. The van der Waals surface area contributed by atoms with Crippen LogP contribution in [0.4, 0.5) is 0 Å². The van der Waals surface area contributed by atoms with E-state index in [4.69, 9.17) is 5.10 Å². The zero-order valence-electron chi connectivity index (χ0n) is 13.0. The van der Waals surface area contributed by atoms with Gasteiger partial charge in [0.05, 0.1) is 11.7 Å². The minimum absolute atomic E-state index is 0.350. The minimum atomic E-state index is 0.350. The number of rotatable bonds is 5. The molecule has 3 heteroatoms. The molecule has 1 aliphatic rings. The third-order valence-corrected chi connectivity index (χ3v) is 4.61. The van der Waals surface area contributed by atoms with Crippen LogP contribution in [-0.2, 0) is 6.54 Å². The van der Waals surface area contributed by atoms with Crippen LogP contribution < -0.4 is 5.32 Å². The van der Waals surface area contributed by atoms with Gasteiger partial charge in [-0.3, -0.25) is 4.68 Å². The summed E-state index contributed by atoms with van der Waals surface area (Å²) in [5.74, 6) is 0. The zero-order valence-corrected chi connectivity index (χ0v) is 13.0. The number of aryl methyl sites for hydroxylation is 1. The van der Waals surface area contributed by atoms with Gasteiger partial charge in [0.2, 0.25) is 0 Å². The van der Waals surface area contributed by atoms with Crippen LogP contribution in [0.25, 0.3) is 0 Å². The molecule has 1 heterocycles. The Labute approximate surface area is 127 Å². The Morgan fingerprint density at radius 2 is 2.00 bits per heavy atom. The van der Waals surface area contributed by atoms with Gasteiger partial charge in [0.1, 0.15) is 0 Å². The van der Waals surface area contributed by atoms with Crippen LogP contribution >= 0.6 is 0 Å². The quantitative estimate of drug-likeness (QED) is 0.893. The minimum Gasteiger partial charge on any atom is -0.304 e. The van der Waals surface area contributed by atoms with Crippen molar-refractivity contribution in [1.82, 2.24) is 15.1 Å². The molecule has 1 saturated carbocycles. The predicted molar refractivity (Wildman–Crippen MR) is 86.2 cm³/mol. The Kier molecular flexibility index (Phi) is 4.39. The van der Waals surface area contributed by atoms with Gasteiger partial charge in [0, 0.05) is 18.8 Å². The standard InChI is InChI=1S/C18H25N3/c1-14-7-3-6-10-18(14)15(2)19-13-16-11-12-21(20-16)17-8-4-5-9-17/h3,6-7,10-12,15,17,19H,4-5,8-9,13H2,1-2H3/t15-/m1/s1. The molecular formula is C18H25N3. The Morgan fingerprint density at radius 1 is 1.24 bits per heavy atom. The monoisotopic (exact) mass is 283 g/mol. The van der Waals surface area contributed by atoms with E-state index in [0.29, 0.717) is 12.1 Å². The molecule has 3 rings (SSSR count). The smallest absolute Gasteiger partial charge is 0.0762 e. The summed E-state index contributed by atoms with van der Waals surface area (Å²) in [5, 5.41) is 8.32. The average Bonchev–Trinajstić information content (AvgIpc) is 3.16. The molecule has 1 atom stereocenters. The average molecular weight is 283 g/mol. The van der Waals surface area contributed by atoms with Crippen LogP contribution in [-0.4, -0.2) is 9.78 Å². The number of hydrogen-bond acceptors (Lipinski definition) is 2. The third-order valence-electron chi connectivity index (χ3n) is 4.61. The summed E-state index contributed by atoms with van der Waals surface area (Å²) >= 11 is 0. The van der Waals surface area contributed by atoms with E-state index in [1.807, 2.05) is 0 Å². The highest BCUT2D eigenvalue weighted by molar-refractivity contribution is 5.28. The fourth-order valence-corrected chi connectivity index (χ4v) is 3.28. The lowest BCUT2D eigenvalue weighted by molar-refractivity contribution is 0.458. The predicted octanol–water partition coefficient (Wildman–Crippen LogP) is 4.16. The number of nitrogens with one attached hydrogen (secondary N) is 1. The normalized spacial score (nSPS) is 17.2. The van der Waals surface area contributed by atoms with Crippen LogP contribution in [0.15, 0.2) is 36.5 Å². The number of nitrogens with zero attached hydrogens (tertiary/aromatic N) is 2. The molecule has 3 nitrogen and oxygen atoms in total. The van der Waals surface area contributed by atoms with Crippen molar-refractivity contribution in [1.29, 1.82) is 0 Å². The Hall–Kier alpha value is -1.61. The van der Waals surface area contributed by atoms with E-state index >= 15 is 0 Å². The van der Waals surface area contributed by atoms with Gasteiger partial charge in [-0.15, -0.1) is 0 Å². The molecule has 0 amide bonds. The molecule has 0 unspecified atom stereocenters. The van der Waals surface area contributed by atoms with Crippen molar-refractivity contribution in [3.63, 3.8) is 0 Å². The van der Waals surface area contributed by atoms with E-state index in [0.717, 1.165) is 12.2 Å². The summed E-state index contributed by atoms with van der Waals surface area (Å²) in [5.41, 5.74) is 3.85. The molecule has 1 N–H and O–H groups in total. The summed E-state index contributed by atoms with van der Waals surface area (Å²) in [4.78, 5) is 0. The zero-order chi connectivity index (χ0) is 14.7. The second-order valence-corrected chi connectivity index (χ2v) is 6.18. The van der Waals surface area contributed by atoms with Crippen molar-refractivity contribution in [3.8, 4) is 0 Å². The topological polar surface area (TPSA) is 29.9 Å². The second-order valence-electron chi connectivity index (χ2n) is 6.18. The van der Waals surface area contributed by atoms with E-state index in [2.05, 4.69) is 60.4 Å². The SMILES string of the molecule is Cc1ccccc1[C@@H](C)NCc1ccn(C2CCCC2)n1. The van der Waals surface area contributed by atoms with E-state index < -0.39 is 0 Å². The number of benzene rings is 1. The maximum atomic E-state index is 4.73. The van der Waals surface area contributed by atoms with Gasteiger partial charge in [-0.25, -0.2) is 0 Å². The highest BCUT2D eigenvalue weighted by atomic mass is 15.3. The van der Waals surface area contributed by atoms with E-state index in [1.165, 1.54) is 36.8 Å². The molecule has 2 aromatic rings. The molecule has 0 spiro atoms. The van der Waals surface area contributed by atoms with Crippen molar-refractivity contribution < 1.29 is 0 Å². The highest BCUT2D eigenvalue weighted by Crippen LogP contribution is 2.28. The van der Waals surface area contributed by atoms with Crippen LogP contribution in [0.1, 0.15) is 61.5 Å². The van der Waals surface area contributed by atoms with Crippen molar-refractivity contribution in [3.05, 3.63) is 53.3 Å². The van der Waals surface area contributed by atoms with E-state index in [9.17, 15) is 0 Å². The Balaban J connectivity index is 1.59. The first-order chi connectivity index (χ1) is 10.2. The van der Waals surface area contributed by atoms with Crippen LogP contribution in [0, 0.1) is 6.92 Å². The van der Waals surface area contributed by atoms with Crippen LogP contribution in [0.5, 0.6) is 0 Å². The van der Waals surface area contributed by atoms with Gasteiger partial charge in [0.15, 0.2) is 0 Å². The summed E-state index contributed by atoms with van der Waals surface area (Å²) in [6.07, 6.45) is 7.42. The molecule has 0 bridgehead atoms. The van der Waals surface area contributed by atoms with E-state index in [-0.39, 0.29) is 0 Å². The molecule has 1 fully saturated rings. The first kappa shape index (κ1) is 14.3. The van der Waals surface area contributed by atoms with Gasteiger partial charge < -0.3 is 5.32 Å². The lowest BCUT2D eigenvalue weighted by Gasteiger charge is -2.16. The summed E-state index contributed by atoms with van der Waals surface area (Å²) in [6, 6.07) is 11.7. The summed E-state index contributed by atoms with van der Waals surface area (Å²) < 4.78 is 2.17. The number of hydrogen-bond donors (Lipinski definition) is 1. The van der Waals surface area contributed by atoms with Gasteiger partial charge >= 0.3 is 0 Å². The molecular weight excluding hydrogens is 258 g/mol. The highest BCUT2D eigenvalue weighted by Gasteiger charge is 2.17. The first-order valence-corrected chi connectivity index (χ1v) is 8.07. The molecule has 0 radical (unpaired) electrons. The van der Waals surface area contributed by atoms with E-state index in [1.54, 1.807) is 0 Å². The molecule has 0 saturated heterocycles. The largest absolute Gasteiger partial charge is 0.304 e. The Bertz CT molecular complexity index is 582. The van der Waals surface area contributed by atoms with Gasteiger partial charge in [-0.1, -0.05) is 37.1 Å². The summed E-state index contributed by atoms with van der Waals surface area (Å²) in [6.45, 7) is 5.22.